The van der Waals surface area contributed by atoms with E-state index in [4.69, 9.17) is 18.9 Å². The first-order valence-corrected chi connectivity index (χ1v) is 10.2. The van der Waals surface area contributed by atoms with Crippen molar-refractivity contribution in [2.45, 2.75) is 45.5 Å². The van der Waals surface area contributed by atoms with Crippen molar-refractivity contribution in [1.82, 2.24) is 5.32 Å². The molecule has 0 aliphatic rings. The Morgan fingerprint density at radius 1 is 0.968 bits per heavy atom. The number of amides is 1. The van der Waals surface area contributed by atoms with Crippen molar-refractivity contribution in [3.63, 3.8) is 0 Å². The summed E-state index contributed by atoms with van der Waals surface area (Å²) in [4.78, 5) is 23.7. The number of ether oxygens (including phenoxy) is 4. The largest absolute Gasteiger partial charge is 0.492 e. The molecule has 0 saturated heterocycles. The van der Waals surface area contributed by atoms with E-state index >= 15 is 0 Å². The highest BCUT2D eigenvalue weighted by Gasteiger charge is 2.21. The Hall–Kier alpha value is -3.06. The van der Waals surface area contributed by atoms with Crippen LogP contribution >= 0.6 is 0 Å². The number of hydrogen-bond donors (Lipinski definition) is 1. The van der Waals surface area contributed by atoms with Gasteiger partial charge in [0, 0.05) is 6.42 Å². The maximum absolute atomic E-state index is 12.1. The van der Waals surface area contributed by atoms with E-state index in [1.807, 2.05) is 75.4 Å². The zero-order valence-electron chi connectivity index (χ0n) is 18.6. The Morgan fingerprint density at radius 3 is 2.26 bits per heavy atom. The van der Waals surface area contributed by atoms with E-state index in [9.17, 15) is 9.59 Å². The van der Waals surface area contributed by atoms with E-state index in [2.05, 4.69) is 5.32 Å². The van der Waals surface area contributed by atoms with Crippen molar-refractivity contribution in [1.29, 1.82) is 0 Å². The molecule has 0 spiro atoms. The summed E-state index contributed by atoms with van der Waals surface area (Å²) in [5.41, 5.74) is 1.37. The monoisotopic (exact) mass is 429 g/mol. The van der Waals surface area contributed by atoms with Crippen LogP contribution in [0.25, 0.3) is 0 Å². The average molecular weight is 430 g/mol. The molecule has 2 aromatic carbocycles. The van der Waals surface area contributed by atoms with Crippen LogP contribution in [0.3, 0.4) is 0 Å². The lowest BCUT2D eigenvalue weighted by Gasteiger charge is -2.19. The molecule has 1 N–H and O–H groups in total. The van der Waals surface area contributed by atoms with Crippen molar-refractivity contribution in [3.8, 4) is 5.75 Å². The first kappa shape index (κ1) is 24.2. The number of hydrogen-bond acceptors (Lipinski definition) is 6. The fourth-order valence-corrected chi connectivity index (χ4v) is 2.68. The van der Waals surface area contributed by atoms with E-state index in [-0.39, 0.29) is 0 Å². The van der Waals surface area contributed by atoms with Gasteiger partial charge in [-0.25, -0.2) is 9.59 Å². The van der Waals surface area contributed by atoms with Gasteiger partial charge < -0.3 is 24.3 Å². The van der Waals surface area contributed by atoms with Gasteiger partial charge in [0.05, 0.1) is 20.3 Å². The summed E-state index contributed by atoms with van der Waals surface area (Å²) < 4.78 is 21.5. The maximum Gasteiger partial charge on any atom is 0.407 e. The topological polar surface area (TPSA) is 83.1 Å². The smallest absolute Gasteiger partial charge is 0.407 e. The Bertz CT molecular complexity index is 814. The molecule has 2 aromatic rings. The van der Waals surface area contributed by atoms with Gasteiger partial charge in [-0.05, 0) is 44.0 Å². The van der Waals surface area contributed by atoms with Gasteiger partial charge in [0.15, 0.2) is 6.10 Å². The third-order valence-corrected chi connectivity index (χ3v) is 4.14. The summed E-state index contributed by atoms with van der Waals surface area (Å²) in [6, 6.07) is 17.0. The first-order valence-electron chi connectivity index (χ1n) is 10.2. The third-order valence-electron chi connectivity index (χ3n) is 4.14. The quantitative estimate of drug-likeness (QED) is 0.456. The van der Waals surface area contributed by atoms with Crippen molar-refractivity contribution in [2.75, 3.05) is 20.3 Å². The summed E-state index contributed by atoms with van der Waals surface area (Å²) in [5, 5.41) is 2.64. The molecule has 1 atom stereocenters. The first-order chi connectivity index (χ1) is 14.8. The van der Waals surface area contributed by atoms with Crippen LogP contribution in [0.4, 0.5) is 4.79 Å². The molecule has 2 rings (SSSR count). The minimum atomic E-state index is -0.699. The summed E-state index contributed by atoms with van der Waals surface area (Å²) in [6.07, 6.45) is -0.786. The summed E-state index contributed by atoms with van der Waals surface area (Å²) >= 11 is 0. The number of alkyl carbamates (subject to hydrolysis) is 1. The van der Waals surface area contributed by atoms with Gasteiger partial charge >= 0.3 is 12.1 Å². The van der Waals surface area contributed by atoms with Crippen LogP contribution in [0, 0.1) is 0 Å². The molecule has 0 heterocycles. The second kappa shape index (κ2) is 12.0. The van der Waals surface area contributed by atoms with Crippen molar-refractivity contribution < 1.29 is 28.5 Å². The van der Waals surface area contributed by atoms with E-state index in [0.29, 0.717) is 31.9 Å². The van der Waals surface area contributed by atoms with Gasteiger partial charge in [-0.2, -0.15) is 0 Å². The second-order valence-corrected chi connectivity index (χ2v) is 7.93. The van der Waals surface area contributed by atoms with Crippen LogP contribution in [-0.2, 0) is 32.0 Å². The van der Waals surface area contributed by atoms with Crippen molar-refractivity contribution in [2.24, 2.45) is 0 Å². The number of rotatable bonds is 10. The lowest BCUT2D eigenvalue weighted by atomic mass is 10.1. The molecule has 7 heteroatoms. The molecule has 0 aliphatic heterocycles. The van der Waals surface area contributed by atoms with E-state index < -0.39 is 23.8 Å². The molecule has 0 saturated carbocycles. The molecule has 0 radical (unpaired) electrons. The van der Waals surface area contributed by atoms with E-state index in [0.717, 1.165) is 11.1 Å². The molecule has 168 valence electrons. The summed E-state index contributed by atoms with van der Waals surface area (Å²) in [6.45, 7) is 6.39. The highest BCUT2D eigenvalue weighted by molar-refractivity contribution is 5.75. The molecule has 0 bridgehead atoms. The Morgan fingerprint density at radius 2 is 1.65 bits per heavy atom. The number of carbonyl (C=O) groups excluding carboxylic acids is 2. The number of benzene rings is 2. The van der Waals surface area contributed by atoms with Crippen LogP contribution in [0.5, 0.6) is 5.75 Å². The van der Waals surface area contributed by atoms with Crippen LogP contribution in [0.2, 0.25) is 0 Å². The highest BCUT2D eigenvalue weighted by Crippen LogP contribution is 2.16. The highest BCUT2D eigenvalue weighted by atomic mass is 16.6. The third kappa shape index (κ3) is 9.53. The fraction of sp³-hybridized carbons (Fsp3) is 0.417. The number of nitrogens with one attached hydrogen (secondary N) is 1. The normalized spacial score (nSPS) is 12.0. The zero-order chi connectivity index (χ0) is 22.7. The molecule has 0 fully saturated rings. The Labute approximate surface area is 183 Å². The zero-order valence-corrected chi connectivity index (χ0v) is 18.6. The molecule has 0 aromatic heterocycles. The predicted molar refractivity (Wildman–Crippen MR) is 117 cm³/mol. The molecule has 1 amide bonds. The van der Waals surface area contributed by atoms with Crippen LogP contribution < -0.4 is 10.1 Å². The van der Waals surface area contributed by atoms with Gasteiger partial charge in [0.25, 0.3) is 0 Å². The number of methoxy groups -OCH3 is 1. The van der Waals surface area contributed by atoms with Gasteiger partial charge in [-0.3, -0.25) is 0 Å². The van der Waals surface area contributed by atoms with Crippen LogP contribution in [-0.4, -0.2) is 44.0 Å². The van der Waals surface area contributed by atoms with Crippen molar-refractivity contribution in [3.05, 3.63) is 65.7 Å². The lowest BCUT2D eigenvalue weighted by Crippen LogP contribution is -2.34. The number of esters is 1. The maximum atomic E-state index is 12.1. The minimum Gasteiger partial charge on any atom is -0.492 e. The standard InChI is InChI=1S/C24H31NO6/c1-24(2,3)31-23(27)25-14-15-29-20-12-10-18(11-13-20)16-21(22(26)28-4)30-17-19-8-6-5-7-9-19/h5-13,21H,14-17H2,1-4H3,(H,25,27). The molecular weight excluding hydrogens is 398 g/mol. The summed E-state index contributed by atoms with van der Waals surface area (Å²) in [5.74, 6) is 0.249. The fourth-order valence-electron chi connectivity index (χ4n) is 2.68. The van der Waals surface area contributed by atoms with Crippen LogP contribution in [0.1, 0.15) is 31.9 Å². The SMILES string of the molecule is COC(=O)C(Cc1ccc(OCCNC(=O)OC(C)(C)C)cc1)OCc1ccccc1. The lowest BCUT2D eigenvalue weighted by molar-refractivity contribution is -0.154. The van der Waals surface area contributed by atoms with E-state index in [1.165, 1.54) is 7.11 Å². The predicted octanol–water partition coefficient (Wildman–Crippen LogP) is 3.89. The molecule has 7 nitrogen and oxygen atoms in total. The molecule has 31 heavy (non-hydrogen) atoms. The molecule has 0 aliphatic carbocycles. The minimum absolute atomic E-state index is 0.309. The van der Waals surface area contributed by atoms with Gasteiger partial charge in [-0.15, -0.1) is 0 Å². The Kier molecular flexibility index (Phi) is 9.34. The Balaban J connectivity index is 1.80. The van der Waals surface area contributed by atoms with Crippen LogP contribution in [0.15, 0.2) is 54.6 Å². The van der Waals surface area contributed by atoms with Gasteiger partial charge in [0.2, 0.25) is 0 Å². The number of carbonyl (C=O) groups is 2. The van der Waals surface area contributed by atoms with Gasteiger partial charge in [0.1, 0.15) is 18.0 Å². The van der Waals surface area contributed by atoms with E-state index in [1.54, 1.807) is 0 Å². The summed E-state index contributed by atoms with van der Waals surface area (Å²) in [7, 11) is 1.35. The molecular formula is C24H31NO6. The van der Waals surface area contributed by atoms with Gasteiger partial charge in [-0.1, -0.05) is 42.5 Å². The second-order valence-electron chi connectivity index (χ2n) is 7.93. The van der Waals surface area contributed by atoms with Crippen molar-refractivity contribution >= 4 is 12.1 Å². The average Bonchev–Trinajstić information content (AvgIpc) is 2.74. The molecule has 1 unspecified atom stereocenters.